The summed E-state index contributed by atoms with van der Waals surface area (Å²) in [5, 5.41) is 76.5. The summed E-state index contributed by atoms with van der Waals surface area (Å²) in [6.45, 7) is -1.35. The van der Waals surface area contributed by atoms with Gasteiger partial charge in [-0.1, -0.05) is 0 Å². The summed E-state index contributed by atoms with van der Waals surface area (Å²) in [4.78, 5) is 0. The highest BCUT2D eigenvalue weighted by molar-refractivity contribution is 7.79. The van der Waals surface area contributed by atoms with Crippen LogP contribution in [-0.2, 0) is 24.6 Å². The van der Waals surface area contributed by atoms with Crippen molar-refractivity contribution >= 4 is 10.4 Å². The number of aliphatic hydroxyl groups is 8. The van der Waals surface area contributed by atoms with Crippen LogP contribution in [0, 0.1) is 0 Å². The van der Waals surface area contributed by atoms with Crippen molar-refractivity contribution in [2.75, 3.05) is 13.2 Å². The molecule has 0 aromatic heterocycles. The van der Waals surface area contributed by atoms with Crippen molar-refractivity contribution in [3.05, 3.63) is 0 Å². The fourth-order valence-corrected chi connectivity index (χ4v) is 2.57. The number of ether oxygens (including phenoxy) is 3. The second-order valence-electron chi connectivity index (χ2n) is 5.97. The number of hydrogen-bond donors (Lipinski definition) is 10. The van der Waals surface area contributed by atoms with Crippen LogP contribution in [0.25, 0.3) is 0 Å². The summed E-state index contributed by atoms with van der Waals surface area (Å²) in [5.74, 6) is 0. The van der Waals surface area contributed by atoms with Gasteiger partial charge in [0, 0.05) is 0 Å². The molecular weight excluding hydrogens is 416 g/mol. The molecule has 2 aliphatic heterocycles. The molecule has 0 aromatic rings. The third-order valence-electron chi connectivity index (χ3n) is 3.98. The molecule has 2 fully saturated rings. The minimum atomic E-state index is -4.67. The highest BCUT2D eigenvalue weighted by atomic mass is 32.3. The Balaban J connectivity index is 0.000000696. The predicted molar refractivity (Wildman–Crippen MR) is 82.8 cm³/mol. The SMILES string of the molecule is O=S(=O)(O)O.OC[C@H]1O[C@@H](O[C@H]2[C@H](O)[C@@H](O)C(O)O[C@@H]2CO)[C@H](O)[C@@H](O)[C@H]1O. The smallest absolute Gasteiger partial charge is 0.394 e. The monoisotopic (exact) mass is 440 g/mol. The van der Waals surface area contributed by atoms with Crippen molar-refractivity contribution in [1.29, 1.82) is 0 Å². The van der Waals surface area contributed by atoms with Gasteiger partial charge in [0.2, 0.25) is 0 Å². The van der Waals surface area contributed by atoms with Crippen molar-refractivity contribution in [1.82, 2.24) is 0 Å². The zero-order valence-electron chi connectivity index (χ0n) is 14.1. The lowest BCUT2D eigenvalue weighted by atomic mass is 9.97. The first-order valence-corrected chi connectivity index (χ1v) is 9.17. The molecule has 0 spiro atoms. The van der Waals surface area contributed by atoms with E-state index in [1.54, 1.807) is 0 Å². The van der Waals surface area contributed by atoms with Gasteiger partial charge >= 0.3 is 10.4 Å². The molecule has 0 bridgehead atoms. The van der Waals surface area contributed by atoms with Crippen LogP contribution >= 0.6 is 0 Å². The molecule has 2 saturated heterocycles. The minimum Gasteiger partial charge on any atom is -0.394 e. The van der Waals surface area contributed by atoms with Gasteiger partial charge in [-0.05, 0) is 0 Å². The minimum absolute atomic E-state index is 0.667. The molecule has 0 radical (unpaired) electrons. The maximum absolute atomic E-state index is 9.94. The number of hydrogen-bond acceptors (Lipinski definition) is 13. The summed E-state index contributed by atoms with van der Waals surface area (Å²) in [7, 11) is -4.67. The molecule has 10 atom stereocenters. The average Bonchev–Trinajstić information content (AvgIpc) is 2.60. The van der Waals surface area contributed by atoms with Crippen molar-refractivity contribution < 1.29 is 72.6 Å². The quantitative estimate of drug-likeness (QED) is 0.182. The highest BCUT2D eigenvalue weighted by Gasteiger charge is 2.50. The van der Waals surface area contributed by atoms with E-state index in [0.29, 0.717) is 0 Å². The van der Waals surface area contributed by atoms with Crippen LogP contribution in [0.3, 0.4) is 0 Å². The van der Waals surface area contributed by atoms with Gasteiger partial charge in [0.05, 0.1) is 13.2 Å². The normalized spacial score (nSPS) is 44.5. The summed E-state index contributed by atoms with van der Waals surface area (Å²) in [6, 6.07) is 0. The molecule has 0 amide bonds. The van der Waals surface area contributed by atoms with E-state index in [-0.39, 0.29) is 0 Å². The lowest BCUT2D eigenvalue weighted by molar-refractivity contribution is -0.355. The fourth-order valence-electron chi connectivity index (χ4n) is 2.57. The van der Waals surface area contributed by atoms with Crippen LogP contribution in [-0.4, -0.2) is 133 Å². The lowest BCUT2D eigenvalue weighted by Crippen LogP contribution is -2.64. The molecule has 0 aliphatic carbocycles. The zero-order valence-corrected chi connectivity index (χ0v) is 14.9. The maximum atomic E-state index is 9.94. The molecule has 2 aliphatic rings. The third kappa shape index (κ3) is 6.75. The molecule has 0 aromatic carbocycles. The van der Waals surface area contributed by atoms with Crippen LogP contribution in [0.2, 0.25) is 0 Å². The molecule has 16 heteroatoms. The van der Waals surface area contributed by atoms with E-state index in [2.05, 4.69) is 0 Å². The van der Waals surface area contributed by atoms with Crippen LogP contribution < -0.4 is 0 Å². The van der Waals surface area contributed by atoms with Crippen LogP contribution in [0.1, 0.15) is 0 Å². The van der Waals surface area contributed by atoms with Gasteiger partial charge in [-0.3, -0.25) is 9.11 Å². The summed E-state index contributed by atoms with van der Waals surface area (Å²) >= 11 is 0. The Labute approximate surface area is 158 Å². The molecule has 2 rings (SSSR count). The Bertz CT molecular complexity index is 559. The first-order valence-electron chi connectivity index (χ1n) is 7.78. The summed E-state index contributed by atoms with van der Waals surface area (Å²) < 4.78 is 46.8. The third-order valence-corrected chi connectivity index (χ3v) is 3.98. The first-order chi connectivity index (χ1) is 12.8. The standard InChI is InChI=1S/C12H22O11.H2O4S/c13-1-3-5(15)6(16)9(19)12(22-3)23-10-4(2-14)21-11(20)8(18)7(10)17;1-5(2,3)4/h3-20H,1-2H2;(H2,1,2,3,4)/t3-,4-,5+,6+,7-,8-,9-,10-,11?,12+;/m1./s1. The lowest BCUT2D eigenvalue weighted by Gasteiger charge is -2.45. The Morgan fingerprint density at radius 2 is 1.21 bits per heavy atom. The van der Waals surface area contributed by atoms with Crippen molar-refractivity contribution in [2.24, 2.45) is 0 Å². The van der Waals surface area contributed by atoms with E-state index in [1.165, 1.54) is 0 Å². The fraction of sp³-hybridized carbons (Fsp3) is 1.00. The van der Waals surface area contributed by atoms with Gasteiger partial charge in [0.1, 0.15) is 48.8 Å². The van der Waals surface area contributed by atoms with Crippen molar-refractivity contribution in [3.63, 3.8) is 0 Å². The van der Waals surface area contributed by atoms with Crippen molar-refractivity contribution in [2.45, 2.75) is 61.4 Å². The second-order valence-corrected chi connectivity index (χ2v) is 6.87. The first kappa shape index (κ1) is 25.5. The Morgan fingerprint density at radius 3 is 1.68 bits per heavy atom. The average molecular weight is 440 g/mol. The molecule has 10 N–H and O–H groups in total. The summed E-state index contributed by atoms with van der Waals surface area (Å²) in [6.07, 6.45) is -15.6. The highest BCUT2D eigenvalue weighted by Crippen LogP contribution is 2.28. The molecule has 2 heterocycles. The van der Waals surface area contributed by atoms with Gasteiger partial charge in [-0.25, -0.2) is 0 Å². The maximum Gasteiger partial charge on any atom is 0.394 e. The number of aliphatic hydroxyl groups excluding tert-OH is 8. The van der Waals surface area contributed by atoms with Gasteiger partial charge in [0.25, 0.3) is 0 Å². The van der Waals surface area contributed by atoms with E-state index in [9.17, 15) is 35.7 Å². The van der Waals surface area contributed by atoms with Crippen LogP contribution in [0.4, 0.5) is 0 Å². The molecule has 15 nitrogen and oxygen atoms in total. The summed E-state index contributed by atoms with van der Waals surface area (Å²) in [5.41, 5.74) is 0. The molecule has 28 heavy (non-hydrogen) atoms. The molecule has 1 unspecified atom stereocenters. The van der Waals surface area contributed by atoms with Crippen LogP contribution in [0.15, 0.2) is 0 Å². The molecule has 0 saturated carbocycles. The largest absolute Gasteiger partial charge is 0.394 e. The van der Waals surface area contributed by atoms with Gasteiger partial charge in [-0.15, -0.1) is 0 Å². The molecule has 168 valence electrons. The van der Waals surface area contributed by atoms with E-state index >= 15 is 0 Å². The van der Waals surface area contributed by atoms with E-state index in [0.717, 1.165) is 0 Å². The Kier molecular flexibility index (Phi) is 9.51. The van der Waals surface area contributed by atoms with E-state index in [4.69, 9.17) is 36.8 Å². The van der Waals surface area contributed by atoms with E-state index < -0.39 is 85.0 Å². The molecular formula is C12H24O15S. The zero-order chi connectivity index (χ0) is 21.8. The Hall–Kier alpha value is -0.570. The van der Waals surface area contributed by atoms with Gasteiger partial charge in [-0.2, -0.15) is 8.42 Å². The van der Waals surface area contributed by atoms with E-state index in [1.807, 2.05) is 0 Å². The van der Waals surface area contributed by atoms with Gasteiger partial charge < -0.3 is 55.1 Å². The number of rotatable bonds is 4. The second kappa shape index (κ2) is 10.5. The van der Waals surface area contributed by atoms with Gasteiger partial charge in [0.15, 0.2) is 12.6 Å². The van der Waals surface area contributed by atoms with Crippen LogP contribution in [0.5, 0.6) is 0 Å². The topological polar surface area (TPSA) is 264 Å². The predicted octanol–water partition coefficient (Wildman–Crippen LogP) is -6.05. The van der Waals surface area contributed by atoms with Crippen molar-refractivity contribution in [3.8, 4) is 0 Å². The Morgan fingerprint density at radius 1 is 0.714 bits per heavy atom.